The van der Waals surface area contributed by atoms with Crippen molar-refractivity contribution in [1.29, 1.82) is 0 Å². The third-order valence-electron chi connectivity index (χ3n) is 0. The maximum atomic E-state index is 0. The van der Waals surface area contributed by atoms with Crippen LogP contribution in [0.2, 0.25) is 0 Å². The molecule has 0 aromatic carbocycles. The van der Waals surface area contributed by atoms with E-state index in [1.807, 2.05) is 0 Å². The summed E-state index contributed by atoms with van der Waals surface area (Å²) in [5.74, 6) is 0. The maximum absolute atomic E-state index is 0. The zero-order valence-corrected chi connectivity index (χ0v) is 11.5. The molecule has 0 saturated heterocycles. The first kappa shape index (κ1) is 29.1. The minimum Gasteiger partial charge on any atom is 0 e. The van der Waals surface area contributed by atoms with Crippen LogP contribution in [0.3, 0.4) is 0 Å². The normalized spacial score (nSPS) is 0. The molecule has 0 aromatic heterocycles. The van der Waals surface area contributed by atoms with Crippen LogP contribution in [0.4, 0.5) is 0 Å². The summed E-state index contributed by atoms with van der Waals surface area (Å²) in [5.41, 5.74) is 0. The topological polar surface area (TPSA) is 0 Å². The van der Waals surface area contributed by atoms with Crippen molar-refractivity contribution in [3.8, 4) is 0 Å². The van der Waals surface area contributed by atoms with Crippen molar-refractivity contribution in [1.82, 2.24) is 0 Å². The Bertz CT molecular complexity index is 8.00. The van der Waals surface area contributed by atoms with E-state index in [0.29, 0.717) is 0 Å². The molecule has 0 aliphatic heterocycles. The van der Waals surface area contributed by atoms with Gasteiger partial charge in [-0.1, -0.05) is 0 Å². The first-order valence-corrected chi connectivity index (χ1v) is 0. The SMILES string of the molecule is [Cd].[Mn].[TeH2].[V]. The fourth-order valence-corrected chi connectivity index (χ4v) is 0. The van der Waals surface area contributed by atoms with Crippen molar-refractivity contribution < 1.29 is 62.9 Å². The van der Waals surface area contributed by atoms with Gasteiger partial charge in [-0.25, -0.2) is 0 Å². The maximum Gasteiger partial charge on any atom is 0 e. The number of rotatable bonds is 0. The molecule has 22 valence electrons. The number of hydrogen-bond acceptors (Lipinski definition) is 0. The molecule has 0 spiro atoms. The van der Waals surface area contributed by atoms with Gasteiger partial charge in [0.25, 0.3) is 0 Å². The third kappa shape index (κ3) is 8.84. The molecule has 0 saturated carbocycles. The Morgan fingerprint density at radius 1 is 1.00 bits per heavy atom. The fraction of sp³-hybridized carbons (Fsp3) is 0. The third-order valence-corrected chi connectivity index (χ3v) is 0. The van der Waals surface area contributed by atoms with Crippen LogP contribution >= 0.6 is 0 Å². The summed E-state index contributed by atoms with van der Waals surface area (Å²) in [7, 11) is 0. The van der Waals surface area contributed by atoms with Crippen LogP contribution in [0.5, 0.6) is 0 Å². The molecule has 0 fully saturated rings. The van der Waals surface area contributed by atoms with Crippen LogP contribution < -0.4 is 0 Å². The standard InChI is InChI=1S/Cd.Mn.H2Te.V/h;;1H2;. The van der Waals surface area contributed by atoms with Crippen LogP contribution in [-0.2, 0) is 62.9 Å². The summed E-state index contributed by atoms with van der Waals surface area (Å²) in [4.78, 5) is 0. The van der Waals surface area contributed by atoms with Gasteiger partial charge in [-0.2, -0.15) is 0 Å². The van der Waals surface area contributed by atoms with Gasteiger partial charge in [-0.15, -0.1) is 0 Å². The van der Waals surface area contributed by atoms with Crippen molar-refractivity contribution in [2.45, 2.75) is 0 Å². The van der Waals surface area contributed by atoms with E-state index in [0.717, 1.165) is 0 Å². The van der Waals surface area contributed by atoms with Crippen LogP contribution in [0, 0.1) is 0 Å². The largest absolute Gasteiger partial charge is 0 e. The van der Waals surface area contributed by atoms with Gasteiger partial charge in [0.2, 0.25) is 0 Å². The Morgan fingerprint density at radius 3 is 1.00 bits per heavy atom. The minimum absolute atomic E-state index is 0. The molecule has 2 radical (unpaired) electrons. The van der Waals surface area contributed by atoms with Gasteiger partial charge < -0.3 is 0 Å². The zero-order valence-electron chi connectivity index (χ0n) is 2.03. The van der Waals surface area contributed by atoms with Gasteiger partial charge in [-0.05, 0) is 0 Å². The first-order valence-electron chi connectivity index (χ1n) is 0. The summed E-state index contributed by atoms with van der Waals surface area (Å²) >= 11 is 0. The van der Waals surface area contributed by atoms with E-state index < -0.39 is 0 Å². The average Bonchev–Trinajstić information content (AvgIpc) is 0. The molecule has 4 heavy (non-hydrogen) atoms. The quantitative estimate of drug-likeness (QED) is 0.497. The molecular formula is H2CdMnTeV. The second-order valence-corrected chi connectivity index (χ2v) is 0. The molecule has 0 unspecified atom stereocenters. The van der Waals surface area contributed by atoms with Gasteiger partial charge in [0.15, 0.2) is 0 Å². The Morgan fingerprint density at radius 2 is 1.00 bits per heavy atom. The van der Waals surface area contributed by atoms with Crippen LogP contribution in [0.1, 0.15) is 0 Å². The fourth-order valence-electron chi connectivity index (χ4n) is 0. The summed E-state index contributed by atoms with van der Waals surface area (Å²) in [6, 6.07) is 0. The zero-order chi connectivity index (χ0) is 0. The van der Waals surface area contributed by atoms with Gasteiger partial charge in [0.05, 0.1) is 0 Å². The van der Waals surface area contributed by atoms with Crippen LogP contribution in [0.15, 0.2) is 0 Å². The monoisotopic (exact) mass is 352 g/mol. The van der Waals surface area contributed by atoms with Gasteiger partial charge in [0, 0.05) is 62.9 Å². The molecule has 0 atom stereocenters. The molecule has 0 aliphatic rings. The smallest absolute Gasteiger partial charge is 0 e. The molecule has 0 N–H and O–H groups in total. The van der Waals surface area contributed by atoms with E-state index in [1.165, 1.54) is 0 Å². The van der Waals surface area contributed by atoms with Crippen LogP contribution in [0.25, 0.3) is 0 Å². The van der Waals surface area contributed by atoms with Gasteiger partial charge in [-0.3, -0.25) is 0 Å². The molecule has 0 aromatic rings. The predicted octanol–water partition coefficient (Wildman–Crippen LogP) is -0.924. The number of hydrogen-bond donors (Lipinski definition) is 0. The van der Waals surface area contributed by atoms with Gasteiger partial charge >= 0.3 is 23.7 Å². The summed E-state index contributed by atoms with van der Waals surface area (Å²) in [5, 5.41) is 0. The van der Waals surface area contributed by atoms with Gasteiger partial charge in [0.1, 0.15) is 0 Å². The molecule has 4 heteroatoms. The Balaban J connectivity index is 0. The second kappa shape index (κ2) is 17.0. The van der Waals surface area contributed by atoms with Crippen LogP contribution in [-0.4, -0.2) is 23.7 Å². The Kier molecular flexibility index (Phi) is 124. The minimum atomic E-state index is 0. The summed E-state index contributed by atoms with van der Waals surface area (Å²) < 4.78 is 0. The molecule has 0 aliphatic carbocycles. The predicted molar refractivity (Wildman–Crippen MR) is 8.54 cm³/mol. The van der Waals surface area contributed by atoms with E-state index in [1.54, 1.807) is 0 Å². The van der Waals surface area contributed by atoms with E-state index in [2.05, 4.69) is 0 Å². The molecule has 0 bridgehead atoms. The first-order chi connectivity index (χ1) is 0. The Hall–Kier alpha value is 2.82. The van der Waals surface area contributed by atoms with E-state index >= 15 is 0 Å². The molecule has 0 rings (SSSR count). The van der Waals surface area contributed by atoms with E-state index in [4.69, 9.17) is 0 Å². The van der Waals surface area contributed by atoms with E-state index in [9.17, 15) is 0 Å². The molecule has 0 heterocycles. The average molecular weight is 348 g/mol. The van der Waals surface area contributed by atoms with E-state index in [-0.39, 0.29) is 86.6 Å². The molecular weight excluding hydrogens is 346 g/mol. The summed E-state index contributed by atoms with van der Waals surface area (Å²) in [6.07, 6.45) is 0. The summed E-state index contributed by atoms with van der Waals surface area (Å²) in [6.45, 7) is 0. The van der Waals surface area contributed by atoms with Crippen molar-refractivity contribution in [2.75, 3.05) is 0 Å². The van der Waals surface area contributed by atoms with Crippen molar-refractivity contribution in [3.63, 3.8) is 0 Å². The molecule has 0 amide bonds. The van der Waals surface area contributed by atoms with Crippen molar-refractivity contribution in [3.05, 3.63) is 0 Å². The van der Waals surface area contributed by atoms with Crippen molar-refractivity contribution in [2.24, 2.45) is 0 Å². The molecule has 0 nitrogen and oxygen atoms in total. The Labute approximate surface area is 85.1 Å². The second-order valence-electron chi connectivity index (χ2n) is 0. The van der Waals surface area contributed by atoms with Crippen molar-refractivity contribution >= 4 is 23.7 Å².